The summed E-state index contributed by atoms with van der Waals surface area (Å²) < 4.78 is 8.55. The van der Waals surface area contributed by atoms with Crippen LogP contribution in [0.3, 0.4) is 0 Å². The molecule has 0 aliphatic heterocycles. The molecule has 6 heavy (non-hydrogen) atoms. The zero-order valence-electron chi connectivity index (χ0n) is 2.66. The molecule has 0 aliphatic carbocycles. The van der Waals surface area contributed by atoms with Crippen LogP contribution in [0.1, 0.15) is 0 Å². The first-order valence-corrected chi connectivity index (χ1v) is 2.19. The second-order valence-electron chi connectivity index (χ2n) is 0.447. The molecule has 4 nitrogen and oxygen atoms in total. The van der Waals surface area contributed by atoms with Gasteiger partial charge in [0, 0.05) is 0 Å². The first kappa shape index (κ1) is 10.5. The average Bonchev–Trinajstić information content (AvgIpc) is 0.722. The predicted molar refractivity (Wildman–Crippen MR) is 7.61 cm³/mol. The largest absolute Gasteiger partial charge is 3.00 e. The van der Waals surface area contributed by atoms with Gasteiger partial charge in [0.2, 0.25) is 0 Å². The summed E-state index contributed by atoms with van der Waals surface area (Å²) in [4.78, 5) is 25.6. The molecule has 0 saturated carbocycles. The fourth-order valence-electron chi connectivity index (χ4n) is 0. The van der Waals surface area contributed by atoms with E-state index in [0.717, 1.165) is 0 Å². The van der Waals surface area contributed by atoms with Crippen LogP contribution in [-0.2, 0) is 4.57 Å². The van der Waals surface area contributed by atoms with Crippen molar-refractivity contribution in [3.8, 4) is 0 Å². The molecule has 32 valence electrons. The van der Waals surface area contributed by atoms with E-state index in [1.54, 1.807) is 0 Å². The van der Waals surface area contributed by atoms with E-state index in [1.165, 1.54) is 0 Å². The molecule has 0 N–H and O–H groups in total. The minimum Gasteiger partial charge on any atom is -0.822 e. The standard InChI is InChI=1S/Ac.H3O4P/c;1-5(2,3)4/h;(H3,1,2,3,4)/q+3;/p-3. The van der Waals surface area contributed by atoms with Crippen LogP contribution < -0.4 is 14.7 Å². The smallest absolute Gasteiger partial charge is 0.822 e. The molecule has 0 heterocycles. The van der Waals surface area contributed by atoms with E-state index < -0.39 is 7.82 Å². The number of phosphoric acid groups is 1. The third-order valence-corrected chi connectivity index (χ3v) is 0. The molecule has 0 bridgehead atoms. The Kier molecular flexibility index (Phi) is 6.21. The van der Waals surface area contributed by atoms with Crippen molar-refractivity contribution < 1.29 is 63.3 Å². The molecule has 0 unspecified atom stereocenters. The van der Waals surface area contributed by atoms with Crippen LogP contribution in [0.5, 0.6) is 0 Å². The van der Waals surface area contributed by atoms with Gasteiger partial charge in [-0.25, -0.2) is 0 Å². The summed E-state index contributed by atoms with van der Waals surface area (Å²) in [6, 6.07) is 0. The second-order valence-corrected chi connectivity index (χ2v) is 1.34. The van der Waals surface area contributed by atoms with Crippen molar-refractivity contribution in [2.75, 3.05) is 0 Å². The monoisotopic (exact) mass is 322 g/mol. The van der Waals surface area contributed by atoms with E-state index in [4.69, 9.17) is 19.2 Å². The minimum atomic E-state index is -5.39. The first-order valence-electron chi connectivity index (χ1n) is 0.730. The van der Waals surface area contributed by atoms with Crippen LogP contribution in [0, 0.1) is 44.1 Å². The summed E-state index contributed by atoms with van der Waals surface area (Å²) >= 11 is 0. The quantitative estimate of drug-likeness (QED) is 0.450. The second kappa shape index (κ2) is 3.54. The molecule has 0 aromatic heterocycles. The fraction of sp³-hybridized carbons (Fsp3) is 0. The van der Waals surface area contributed by atoms with Crippen molar-refractivity contribution in [1.82, 2.24) is 0 Å². The number of rotatable bonds is 0. The van der Waals surface area contributed by atoms with Gasteiger partial charge >= 0.3 is 44.1 Å². The maximum absolute atomic E-state index is 8.55. The van der Waals surface area contributed by atoms with Gasteiger partial charge in [0.05, 0.1) is 0 Å². The average molecular weight is 322 g/mol. The van der Waals surface area contributed by atoms with E-state index in [9.17, 15) is 0 Å². The van der Waals surface area contributed by atoms with E-state index in [1.807, 2.05) is 0 Å². The number of hydrogen-bond acceptors (Lipinski definition) is 4. The van der Waals surface area contributed by atoms with Crippen molar-refractivity contribution >= 4 is 7.82 Å². The van der Waals surface area contributed by atoms with Crippen LogP contribution in [0.15, 0.2) is 0 Å². The fourth-order valence-corrected chi connectivity index (χ4v) is 0. The zero-order valence-corrected chi connectivity index (χ0v) is 8.30. The molecule has 0 aromatic carbocycles. The van der Waals surface area contributed by atoms with Gasteiger partial charge in [0.15, 0.2) is 0 Å². The SMILES string of the molecule is O=P([O-])([O-])[O-].[Ac+3]. The van der Waals surface area contributed by atoms with E-state index in [2.05, 4.69) is 0 Å². The summed E-state index contributed by atoms with van der Waals surface area (Å²) in [7, 11) is -5.39. The summed E-state index contributed by atoms with van der Waals surface area (Å²) in [5, 5.41) is 0. The Morgan fingerprint density at radius 1 is 1.17 bits per heavy atom. The molecule has 0 radical (unpaired) electrons. The molecular formula is AcO4P. The van der Waals surface area contributed by atoms with Crippen LogP contribution in [0.2, 0.25) is 0 Å². The molecule has 6 heteroatoms. The first-order chi connectivity index (χ1) is 2.00. The summed E-state index contributed by atoms with van der Waals surface area (Å²) in [5.41, 5.74) is 0. The van der Waals surface area contributed by atoms with Crippen LogP contribution in [0.25, 0.3) is 0 Å². The van der Waals surface area contributed by atoms with Gasteiger partial charge in [0.25, 0.3) is 0 Å². The third kappa shape index (κ3) is 47.8. The minimum absolute atomic E-state index is 0. The Balaban J connectivity index is 0. The van der Waals surface area contributed by atoms with Gasteiger partial charge < -0.3 is 19.2 Å². The van der Waals surface area contributed by atoms with Crippen molar-refractivity contribution in [2.45, 2.75) is 0 Å². The summed E-state index contributed by atoms with van der Waals surface area (Å²) in [6.45, 7) is 0. The molecule has 0 fully saturated rings. The number of hydrogen-bond donors (Lipinski definition) is 0. The molecule has 0 atom stereocenters. The van der Waals surface area contributed by atoms with E-state index in [-0.39, 0.29) is 44.1 Å². The molecule has 0 saturated heterocycles. The molecule has 0 rings (SSSR count). The van der Waals surface area contributed by atoms with Crippen molar-refractivity contribution in [2.24, 2.45) is 0 Å². The normalized spacial score (nSPS) is 9.83. The van der Waals surface area contributed by atoms with Gasteiger partial charge in [-0.2, -0.15) is 7.82 Å². The van der Waals surface area contributed by atoms with Crippen LogP contribution >= 0.6 is 7.82 Å². The molecule has 0 spiro atoms. The zero-order chi connectivity index (χ0) is 4.50. The maximum Gasteiger partial charge on any atom is 3.00 e. The Hall–Kier alpha value is 1.55. The Bertz CT molecular complexity index is 53.7. The van der Waals surface area contributed by atoms with Crippen molar-refractivity contribution in [3.63, 3.8) is 0 Å². The third-order valence-electron chi connectivity index (χ3n) is 0. The van der Waals surface area contributed by atoms with Crippen molar-refractivity contribution in [3.05, 3.63) is 0 Å². The maximum atomic E-state index is 8.55. The van der Waals surface area contributed by atoms with Gasteiger partial charge in [-0.15, -0.1) is 0 Å². The molecule has 0 amide bonds. The molecular weight excluding hydrogens is 322 g/mol. The van der Waals surface area contributed by atoms with E-state index in [0.29, 0.717) is 0 Å². The molecule has 0 aliphatic rings. The van der Waals surface area contributed by atoms with Crippen molar-refractivity contribution in [1.29, 1.82) is 0 Å². The summed E-state index contributed by atoms with van der Waals surface area (Å²) in [5.74, 6) is 0. The van der Waals surface area contributed by atoms with Gasteiger partial charge in [-0.3, -0.25) is 0 Å². The Labute approximate surface area is 70.4 Å². The van der Waals surface area contributed by atoms with Crippen LogP contribution in [-0.4, -0.2) is 0 Å². The van der Waals surface area contributed by atoms with E-state index >= 15 is 0 Å². The summed E-state index contributed by atoms with van der Waals surface area (Å²) in [6.07, 6.45) is 0. The predicted octanol–water partition coefficient (Wildman–Crippen LogP) is -2.82. The van der Waals surface area contributed by atoms with Crippen LogP contribution in [0.4, 0.5) is 0 Å². The van der Waals surface area contributed by atoms with Gasteiger partial charge in [-0.05, 0) is 0 Å². The topological polar surface area (TPSA) is 86.2 Å². The molecule has 0 aromatic rings. The Morgan fingerprint density at radius 2 is 1.17 bits per heavy atom. The van der Waals surface area contributed by atoms with Gasteiger partial charge in [0.1, 0.15) is 0 Å². The van der Waals surface area contributed by atoms with Gasteiger partial charge in [-0.1, -0.05) is 0 Å². The Morgan fingerprint density at radius 3 is 1.17 bits per heavy atom.